The number of carbonyl (C=O) groups is 1. The van der Waals surface area contributed by atoms with E-state index in [-0.39, 0.29) is 17.8 Å². The molecule has 18 heavy (non-hydrogen) atoms. The molecule has 1 atom stereocenters. The quantitative estimate of drug-likeness (QED) is 0.846. The van der Waals surface area contributed by atoms with Crippen LogP contribution in [0.15, 0.2) is 24.3 Å². The first kappa shape index (κ1) is 14.6. The molecular weight excluding hydrogens is 231 g/mol. The third-order valence-corrected chi connectivity index (χ3v) is 2.79. The molecule has 0 aliphatic rings. The molecule has 3 nitrogen and oxygen atoms in total. The van der Waals surface area contributed by atoms with E-state index >= 15 is 0 Å². The first-order valence-corrected chi connectivity index (χ1v) is 6.36. The van der Waals surface area contributed by atoms with Crippen LogP contribution in [0.4, 0.5) is 10.1 Å². The Kier molecular flexibility index (Phi) is 5.78. The lowest BCUT2D eigenvalue weighted by Crippen LogP contribution is -2.30. The number of nitrogens with two attached hydrogens (primary N) is 1. The lowest BCUT2D eigenvalue weighted by Gasteiger charge is -2.21. The summed E-state index contributed by atoms with van der Waals surface area (Å²) in [6.45, 7) is 4.35. The highest BCUT2D eigenvalue weighted by molar-refractivity contribution is 5.93. The zero-order valence-corrected chi connectivity index (χ0v) is 11.0. The standard InChI is InChI=1S/C14H21FN2O/c1-3-17(13-8-5-7-12(15)10-13)14(18)9-4-6-11(2)16/h5,7-8,10-11H,3-4,6,9,16H2,1-2H3. The molecule has 0 bridgehead atoms. The van der Waals surface area contributed by atoms with E-state index in [0.717, 1.165) is 12.8 Å². The van der Waals surface area contributed by atoms with Crippen LogP contribution in [0.1, 0.15) is 33.1 Å². The summed E-state index contributed by atoms with van der Waals surface area (Å²) >= 11 is 0. The second kappa shape index (κ2) is 7.11. The number of hydrogen-bond acceptors (Lipinski definition) is 2. The summed E-state index contributed by atoms with van der Waals surface area (Å²) < 4.78 is 13.1. The Morgan fingerprint density at radius 3 is 2.78 bits per heavy atom. The van der Waals surface area contributed by atoms with Gasteiger partial charge in [-0.25, -0.2) is 4.39 Å². The number of carbonyl (C=O) groups excluding carboxylic acids is 1. The van der Waals surface area contributed by atoms with Crippen molar-refractivity contribution in [2.24, 2.45) is 5.73 Å². The van der Waals surface area contributed by atoms with Crippen molar-refractivity contribution in [2.45, 2.75) is 39.2 Å². The number of amides is 1. The summed E-state index contributed by atoms with van der Waals surface area (Å²) in [4.78, 5) is 13.6. The Labute approximate surface area is 108 Å². The van der Waals surface area contributed by atoms with Crippen molar-refractivity contribution >= 4 is 11.6 Å². The highest BCUT2D eigenvalue weighted by atomic mass is 19.1. The molecule has 0 saturated carbocycles. The Morgan fingerprint density at radius 2 is 2.22 bits per heavy atom. The third-order valence-electron chi connectivity index (χ3n) is 2.79. The van der Waals surface area contributed by atoms with Crippen LogP contribution < -0.4 is 10.6 Å². The van der Waals surface area contributed by atoms with E-state index in [2.05, 4.69) is 0 Å². The molecule has 0 radical (unpaired) electrons. The summed E-state index contributed by atoms with van der Waals surface area (Å²) in [5, 5.41) is 0. The fraction of sp³-hybridized carbons (Fsp3) is 0.500. The van der Waals surface area contributed by atoms with Gasteiger partial charge in [-0.3, -0.25) is 4.79 Å². The predicted octanol–water partition coefficient (Wildman–Crippen LogP) is 2.70. The van der Waals surface area contributed by atoms with Crippen molar-refractivity contribution in [2.75, 3.05) is 11.4 Å². The van der Waals surface area contributed by atoms with Crippen LogP contribution in [0.2, 0.25) is 0 Å². The average Bonchev–Trinajstić information content (AvgIpc) is 2.29. The molecule has 0 aliphatic heterocycles. The summed E-state index contributed by atoms with van der Waals surface area (Å²) in [7, 11) is 0. The van der Waals surface area contributed by atoms with E-state index in [9.17, 15) is 9.18 Å². The second-order valence-electron chi connectivity index (χ2n) is 4.49. The maximum atomic E-state index is 13.1. The summed E-state index contributed by atoms with van der Waals surface area (Å²) in [6.07, 6.45) is 2.04. The molecule has 100 valence electrons. The van der Waals surface area contributed by atoms with Crippen LogP contribution in [-0.2, 0) is 4.79 Å². The van der Waals surface area contributed by atoms with Crippen molar-refractivity contribution in [1.82, 2.24) is 0 Å². The fourth-order valence-electron chi connectivity index (χ4n) is 1.86. The number of rotatable bonds is 6. The molecule has 0 aromatic heterocycles. The minimum atomic E-state index is -0.325. The average molecular weight is 252 g/mol. The predicted molar refractivity (Wildman–Crippen MR) is 71.9 cm³/mol. The van der Waals surface area contributed by atoms with Crippen LogP contribution in [0, 0.1) is 5.82 Å². The highest BCUT2D eigenvalue weighted by Crippen LogP contribution is 2.17. The first-order valence-electron chi connectivity index (χ1n) is 6.36. The lowest BCUT2D eigenvalue weighted by molar-refractivity contribution is -0.118. The van der Waals surface area contributed by atoms with Gasteiger partial charge in [-0.2, -0.15) is 0 Å². The molecule has 1 aromatic rings. The van der Waals surface area contributed by atoms with Crippen molar-refractivity contribution in [3.05, 3.63) is 30.1 Å². The molecule has 4 heteroatoms. The van der Waals surface area contributed by atoms with E-state index in [1.807, 2.05) is 13.8 Å². The molecule has 0 saturated heterocycles. The van der Waals surface area contributed by atoms with Crippen molar-refractivity contribution in [3.63, 3.8) is 0 Å². The van der Waals surface area contributed by atoms with Gasteiger partial charge in [0, 0.05) is 24.7 Å². The minimum absolute atomic E-state index is 0.0174. The van der Waals surface area contributed by atoms with E-state index in [1.165, 1.54) is 12.1 Å². The number of nitrogens with zero attached hydrogens (tertiary/aromatic N) is 1. The number of halogens is 1. The Morgan fingerprint density at radius 1 is 1.50 bits per heavy atom. The molecule has 1 rings (SSSR count). The van der Waals surface area contributed by atoms with Crippen LogP contribution in [-0.4, -0.2) is 18.5 Å². The number of anilines is 1. The topological polar surface area (TPSA) is 46.3 Å². The summed E-state index contributed by atoms with van der Waals surface area (Å²) in [6, 6.07) is 6.23. The smallest absolute Gasteiger partial charge is 0.226 e. The molecule has 1 amide bonds. The second-order valence-corrected chi connectivity index (χ2v) is 4.49. The van der Waals surface area contributed by atoms with Crippen LogP contribution in [0.5, 0.6) is 0 Å². The molecule has 0 fully saturated rings. The monoisotopic (exact) mass is 252 g/mol. The first-order chi connectivity index (χ1) is 8.54. The van der Waals surface area contributed by atoms with Gasteiger partial charge < -0.3 is 10.6 Å². The van der Waals surface area contributed by atoms with Gasteiger partial charge >= 0.3 is 0 Å². The normalized spacial score (nSPS) is 12.2. The number of benzene rings is 1. The maximum absolute atomic E-state index is 13.1. The van der Waals surface area contributed by atoms with Gasteiger partial charge in [0.05, 0.1) is 0 Å². The van der Waals surface area contributed by atoms with Crippen LogP contribution >= 0.6 is 0 Å². The summed E-state index contributed by atoms with van der Waals surface area (Å²) in [5.41, 5.74) is 6.26. The Balaban J connectivity index is 2.63. The van der Waals surface area contributed by atoms with Crippen molar-refractivity contribution in [3.8, 4) is 0 Å². The zero-order chi connectivity index (χ0) is 13.5. The van der Waals surface area contributed by atoms with Gasteiger partial charge in [-0.05, 0) is 44.9 Å². The fourth-order valence-corrected chi connectivity index (χ4v) is 1.86. The molecule has 0 spiro atoms. The zero-order valence-electron chi connectivity index (χ0n) is 11.0. The third kappa shape index (κ3) is 4.45. The van der Waals surface area contributed by atoms with Crippen LogP contribution in [0.25, 0.3) is 0 Å². The van der Waals surface area contributed by atoms with E-state index < -0.39 is 0 Å². The SMILES string of the molecule is CCN(C(=O)CCCC(C)N)c1cccc(F)c1. The molecular formula is C14H21FN2O. The largest absolute Gasteiger partial charge is 0.328 e. The van der Waals surface area contributed by atoms with Gasteiger partial charge in [-0.15, -0.1) is 0 Å². The van der Waals surface area contributed by atoms with E-state index in [1.54, 1.807) is 17.0 Å². The Bertz CT molecular complexity index is 393. The van der Waals surface area contributed by atoms with Gasteiger partial charge in [0.15, 0.2) is 0 Å². The van der Waals surface area contributed by atoms with Gasteiger partial charge in [0.25, 0.3) is 0 Å². The van der Waals surface area contributed by atoms with Crippen LogP contribution in [0.3, 0.4) is 0 Å². The molecule has 1 aromatic carbocycles. The molecule has 0 heterocycles. The highest BCUT2D eigenvalue weighted by Gasteiger charge is 2.14. The van der Waals surface area contributed by atoms with Gasteiger partial charge in [-0.1, -0.05) is 6.07 Å². The molecule has 2 N–H and O–H groups in total. The van der Waals surface area contributed by atoms with Gasteiger partial charge in [0.1, 0.15) is 5.82 Å². The summed E-state index contributed by atoms with van der Waals surface area (Å²) in [5.74, 6) is -0.307. The van der Waals surface area contributed by atoms with E-state index in [0.29, 0.717) is 18.7 Å². The molecule has 1 unspecified atom stereocenters. The number of hydrogen-bond donors (Lipinski definition) is 1. The molecule has 0 aliphatic carbocycles. The van der Waals surface area contributed by atoms with Gasteiger partial charge in [0.2, 0.25) is 5.91 Å². The Hall–Kier alpha value is -1.42. The lowest BCUT2D eigenvalue weighted by atomic mass is 10.1. The minimum Gasteiger partial charge on any atom is -0.328 e. The van der Waals surface area contributed by atoms with Crippen molar-refractivity contribution in [1.29, 1.82) is 0 Å². The van der Waals surface area contributed by atoms with Crippen molar-refractivity contribution < 1.29 is 9.18 Å². The van der Waals surface area contributed by atoms with E-state index in [4.69, 9.17) is 5.73 Å². The maximum Gasteiger partial charge on any atom is 0.226 e.